The average molecular weight is 348 g/mol. The Hall–Kier alpha value is -1.82. The number of aromatic nitrogens is 1. The fourth-order valence-corrected chi connectivity index (χ4v) is 3.37. The molecule has 1 aromatic heterocycles. The summed E-state index contributed by atoms with van der Waals surface area (Å²) in [7, 11) is 1.64. The van der Waals surface area contributed by atoms with Crippen molar-refractivity contribution in [3.8, 4) is 5.88 Å². The van der Waals surface area contributed by atoms with Crippen molar-refractivity contribution in [1.29, 1.82) is 0 Å². The zero-order chi connectivity index (χ0) is 17.9. The minimum atomic E-state index is 0.549. The zero-order valence-corrected chi connectivity index (χ0v) is 15.9. The number of pyridine rings is 1. The lowest BCUT2D eigenvalue weighted by atomic mass is 10.0. The summed E-state index contributed by atoms with van der Waals surface area (Å²) in [5, 5.41) is 6.77. The van der Waals surface area contributed by atoms with Gasteiger partial charge in [-0.2, -0.15) is 0 Å². The zero-order valence-electron chi connectivity index (χ0n) is 15.9. The number of piperidine rings is 1. The molecule has 1 aliphatic rings. The molecule has 140 valence electrons. The van der Waals surface area contributed by atoms with Crippen LogP contribution in [0.4, 0.5) is 0 Å². The number of ether oxygens (including phenoxy) is 1. The fourth-order valence-electron chi connectivity index (χ4n) is 3.37. The Kier molecular flexibility index (Phi) is 8.52. The third-order valence-electron chi connectivity index (χ3n) is 4.71. The first-order valence-corrected chi connectivity index (χ1v) is 9.52. The van der Waals surface area contributed by atoms with E-state index in [-0.39, 0.29) is 0 Å². The molecule has 0 aromatic carbocycles. The minimum Gasteiger partial charge on any atom is -0.481 e. The Morgan fingerprint density at radius 1 is 1.36 bits per heavy atom. The average Bonchev–Trinajstić information content (AvgIpc) is 2.66. The largest absolute Gasteiger partial charge is 0.481 e. The first-order valence-electron chi connectivity index (χ1n) is 9.52. The SMILES string of the molecule is CCNC(=NCc1cccnc1OC)NCCN1CCCCC1CC. The van der Waals surface area contributed by atoms with Gasteiger partial charge >= 0.3 is 0 Å². The number of hydrogen-bond acceptors (Lipinski definition) is 4. The number of hydrogen-bond donors (Lipinski definition) is 2. The first-order chi connectivity index (χ1) is 12.3. The molecule has 0 aliphatic carbocycles. The Morgan fingerprint density at radius 2 is 2.24 bits per heavy atom. The predicted octanol–water partition coefficient (Wildman–Crippen LogP) is 2.41. The quantitative estimate of drug-likeness (QED) is 0.559. The molecular formula is C19H33N5O. The van der Waals surface area contributed by atoms with E-state index in [0.29, 0.717) is 12.4 Å². The normalized spacial score (nSPS) is 18.8. The van der Waals surface area contributed by atoms with Crippen LogP contribution in [-0.2, 0) is 6.54 Å². The summed E-state index contributed by atoms with van der Waals surface area (Å²) >= 11 is 0. The highest BCUT2D eigenvalue weighted by Gasteiger charge is 2.19. The summed E-state index contributed by atoms with van der Waals surface area (Å²) in [4.78, 5) is 11.5. The van der Waals surface area contributed by atoms with Gasteiger partial charge in [-0.05, 0) is 38.8 Å². The maximum atomic E-state index is 5.29. The maximum absolute atomic E-state index is 5.29. The van der Waals surface area contributed by atoms with E-state index in [1.165, 1.54) is 32.2 Å². The maximum Gasteiger partial charge on any atom is 0.218 e. The van der Waals surface area contributed by atoms with Crippen LogP contribution in [0.25, 0.3) is 0 Å². The fraction of sp³-hybridized carbons (Fsp3) is 0.684. The lowest BCUT2D eigenvalue weighted by Crippen LogP contribution is -2.45. The van der Waals surface area contributed by atoms with Crippen molar-refractivity contribution >= 4 is 5.96 Å². The van der Waals surface area contributed by atoms with Gasteiger partial charge in [0, 0.05) is 37.4 Å². The second-order valence-corrected chi connectivity index (χ2v) is 6.39. The van der Waals surface area contributed by atoms with Crippen molar-refractivity contribution in [2.24, 2.45) is 4.99 Å². The van der Waals surface area contributed by atoms with E-state index in [0.717, 1.165) is 37.2 Å². The molecule has 2 N–H and O–H groups in total. The van der Waals surface area contributed by atoms with Gasteiger partial charge in [0.2, 0.25) is 5.88 Å². The summed E-state index contributed by atoms with van der Waals surface area (Å²) in [6, 6.07) is 4.66. The lowest BCUT2D eigenvalue weighted by Gasteiger charge is -2.35. The summed E-state index contributed by atoms with van der Waals surface area (Å²) < 4.78 is 5.29. The molecule has 1 aromatic rings. The molecule has 1 aliphatic heterocycles. The molecule has 0 saturated carbocycles. The van der Waals surface area contributed by atoms with Gasteiger partial charge in [-0.15, -0.1) is 0 Å². The molecule has 1 unspecified atom stereocenters. The van der Waals surface area contributed by atoms with Crippen molar-refractivity contribution in [3.05, 3.63) is 23.9 Å². The molecule has 0 amide bonds. The van der Waals surface area contributed by atoms with Crippen molar-refractivity contribution < 1.29 is 4.74 Å². The summed E-state index contributed by atoms with van der Waals surface area (Å²) in [5.74, 6) is 1.49. The molecule has 0 bridgehead atoms. The smallest absolute Gasteiger partial charge is 0.218 e. The number of nitrogens with one attached hydrogen (secondary N) is 2. The number of aliphatic imine (C=N–C) groups is 1. The van der Waals surface area contributed by atoms with E-state index >= 15 is 0 Å². The molecule has 25 heavy (non-hydrogen) atoms. The van der Waals surface area contributed by atoms with E-state index in [2.05, 4.69) is 39.4 Å². The van der Waals surface area contributed by atoms with Crippen molar-refractivity contribution in [2.75, 3.05) is 33.3 Å². The van der Waals surface area contributed by atoms with Crippen molar-refractivity contribution in [3.63, 3.8) is 0 Å². The number of guanidine groups is 1. The Bertz CT molecular complexity index is 534. The van der Waals surface area contributed by atoms with Crippen LogP contribution in [0.2, 0.25) is 0 Å². The van der Waals surface area contributed by atoms with E-state index in [9.17, 15) is 0 Å². The lowest BCUT2D eigenvalue weighted by molar-refractivity contribution is 0.147. The van der Waals surface area contributed by atoms with Crippen LogP contribution in [0.5, 0.6) is 5.88 Å². The van der Waals surface area contributed by atoms with Crippen molar-refractivity contribution in [1.82, 2.24) is 20.5 Å². The van der Waals surface area contributed by atoms with Gasteiger partial charge in [-0.3, -0.25) is 4.90 Å². The molecule has 6 heteroatoms. The highest BCUT2D eigenvalue weighted by atomic mass is 16.5. The van der Waals surface area contributed by atoms with Crippen LogP contribution in [0.1, 0.15) is 45.1 Å². The van der Waals surface area contributed by atoms with Crippen LogP contribution in [0.3, 0.4) is 0 Å². The third-order valence-corrected chi connectivity index (χ3v) is 4.71. The van der Waals surface area contributed by atoms with Crippen LogP contribution < -0.4 is 15.4 Å². The summed E-state index contributed by atoms with van der Waals surface area (Å²) in [5.41, 5.74) is 0.990. The number of likely N-dealkylation sites (tertiary alicyclic amines) is 1. The Morgan fingerprint density at radius 3 is 3.00 bits per heavy atom. The molecule has 2 rings (SSSR count). The monoisotopic (exact) mass is 347 g/mol. The predicted molar refractivity (Wildman–Crippen MR) is 103 cm³/mol. The third kappa shape index (κ3) is 6.20. The van der Waals surface area contributed by atoms with E-state index in [4.69, 9.17) is 4.74 Å². The van der Waals surface area contributed by atoms with E-state index in [1.54, 1.807) is 13.3 Å². The molecule has 1 saturated heterocycles. The topological polar surface area (TPSA) is 61.8 Å². The van der Waals surface area contributed by atoms with Gasteiger partial charge < -0.3 is 15.4 Å². The number of nitrogens with zero attached hydrogens (tertiary/aromatic N) is 3. The van der Waals surface area contributed by atoms with Gasteiger partial charge in [0.15, 0.2) is 5.96 Å². The molecule has 0 radical (unpaired) electrons. The highest BCUT2D eigenvalue weighted by Crippen LogP contribution is 2.18. The molecule has 6 nitrogen and oxygen atoms in total. The van der Waals surface area contributed by atoms with E-state index in [1.807, 2.05) is 12.1 Å². The van der Waals surface area contributed by atoms with Gasteiger partial charge in [-0.25, -0.2) is 9.98 Å². The van der Waals surface area contributed by atoms with Gasteiger partial charge in [0.05, 0.1) is 13.7 Å². The van der Waals surface area contributed by atoms with E-state index < -0.39 is 0 Å². The van der Waals surface area contributed by atoms with Crippen molar-refractivity contribution in [2.45, 2.75) is 52.1 Å². The van der Waals surface area contributed by atoms with Gasteiger partial charge in [-0.1, -0.05) is 19.4 Å². The second-order valence-electron chi connectivity index (χ2n) is 6.39. The standard InChI is InChI=1S/C19H33N5O/c1-4-17-10-6-7-13-24(17)14-12-22-19(20-5-2)23-15-16-9-8-11-21-18(16)25-3/h8-9,11,17H,4-7,10,12-15H2,1-3H3,(H2,20,22,23). The minimum absolute atomic E-state index is 0.549. The molecule has 0 spiro atoms. The number of rotatable bonds is 8. The van der Waals surface area contributed by atoms with Crippen LogP contribution in [0, 0.1) is 0 Å². The number of methoxy groups -OCH3 is 1. The summed E-state index contributed by atoms with van der Waals surface area (Å²) in [6.45, 7) is 8.97. The molecule has 1 fully saturated rings. The molecular weight excluding hydrogens is 314 g/mol. The van der Waals surface area contributed by atoms with Crippen LogP contribution >= 0.6 is 0 Å². The molecule has 1 atom stereocenters. The van der Waals surface area contributed by atoms with Gasteiger partial charge in [0.1, 0.15) is 0 Å². The highest BCUT2D eigenvalue weighted by molar-refractivity contribution is 5.79. The van der Waals surface area contributed by atoms with Gasteiger partial charge in [0.25, 0.3) is 0 Å². The second kappa shape index (κ2) is 10.9. The Balaban J connectivity index is 1.87. The summed E-state index contributed by atoms with van der Waals surface area (Å²) in [6.07, 6.45) is 7.02. The van der Waals surface area contributed by atoms with Crippen LogP contribution in [-0.4, -0.2) is 55.2 Å². The Labute approximate surface area is 152 Å². The van der Waals surface area contributed by atoms with Crippen LogP contribution in [0.15, 0.2) is 23.3 Å². The first kappa shape index (κ1) is 19.5. The molecule has 2 heterocycles.